The summed E-state index contributed by atoms with van der Waals surface area (Å²) < 4.78 is 17.5. The molecule has 4 aromatic rings. The van der Waals surface area contributed by atoms with Crippen LogP contribution in [0, 0.1) is 0 Å². The van der Waals surface area contributed by atoms with Crippen molar-refractivity contribution in [3.8, 4) is 17.2 Å². The quantitative estimate of drug-likeness (QED) is 0.0606. The van der Waals surface area contributed by atoms with Gasteiger partial charge in [0.25, 0.3) is 5.91 Å². The van der Waals surface area contributed by atoms with Crippen LogP contribution < -0.4 is 25.7 Å². The van der Waals surface area contributed by atoms with Crippen molar-refractivity contribution in [2.45, 2.75) is 38.5 Å². The molecule has 0 bridgehead atoms. The molecule has 0 fully saturated rings. The van der Waals surface area contributed by atoms with Crippen molar-refractivity contribution in [1.82, 2.24) is 4.90 Å². The number of guanidine groups is 1. The Kier molecular flexibility index (Phi) is 11.3. The maximum atomic E-state index is 14.4. The average Bonchev–Trinajstić information content (AvgIpc) is 3.10. The summed E-state index contributed by atoms with van der Waals surface area (Å²) in [6.07, 6.45) is -0.285. The predicted molar refractivity (Wildman–Crippen MR) is 185 cm³/mol. The van der Waals surface area contributed by atoms with E-state index in [1.54, 1.807) is 18.2 Å². The van der Waals surface area contributed by atoms with Gasteiger partial charge >= 0.3 is 23.9 Å². The van der Waals surface area contributed by atoms with Gasteiger partial charge in [-0.1, -0.05) is 36.4 Å². The zero-order valence-corrected chi connectivity index (χ0v) is 27.6. The van der Waals surface area contributed by atoms with E-state index in [4.69, 9.17) is 25.7 Å². The Morgan fingerprint density at radius 1 is 0.904 bits per heavy atom. The van der Waals surface area contributed by atoms with Crippen LogP contribution in [-0.4, -0.2) is 68.6 Å². The van der Waals surface area contributed by atoms with E-state index in [0.29, 0.717) is 24.1 Å². The van der Waals surface area contributed by atoms with E-state index in [1.165, 1.54) is 48.5 Å². The molecule has 1 aliphatic rings. The Hall–Kier alpha value is -6.90. The van der Waals surface area contributed by atoms with Crippen molar-refractivity contribution < 1.29 is 53.5 Å². The van der Waals surface area contributed by atoms with Crippen molar-refractivity contribution >= 4 is 41.4 Å². The second-order valence-electron chi connectivity index (χ2n) is 11.7. The minimum absolute atomic E-state index is 0.0288. The van der Waals surface area contributed by atoms with Crippen molar-refractivity contribution in [2.24, 2.45) is 16.5 Å². The first-order valence-electron chi connectivity index (χ1n) is 15.9. The van der Waals surface area contributed by atoms with E-state index in [1.807, 2.05) is 18.2 Å². The zero-order chi connectivity index (χ0) is 37.4. The molecule has 0 saturated heterocycles. The molecule has 0 aromatic heterocycles. The lowest BCUT2D eigenvalue weighted by molar-refractivity contribution is -0.149. The van der Waals surface area contributed by atoms with Crippen molar-refractivity contribution in [3.05, 3.63) is 118 Å². The van der Waals surface area contributed by atoms with Gasteiger partial charge < -0.3 is 45.9 Å². The van der Waals surface area contributed by atoms with Gasteiger partial charge in [-0.2, -0.15) is 0 Å². The van der Waals surface area contributed by atoms with Gasteiger partial charge in [-0.3, -0.25) is 9.59 Å². The molecule has 7 N–H and O–H groups in total. The number of amides is 1. The van der Waals surface area contributed by atoms with E-state index < -0.39 is 48.8 Å². The number of nitrogens with two attached hydrogens (primary N) is 2. The summed E-state index contributed by atoms with van der Waals surface area (Å²) in [4.78, 5) is 69.0. The van der Waals surface area contributed by atoms with E-state index in [0.717, 1.165) is 10.5 Å². The SMILES string of the molecule is NC(N)=Nc1ccc2c(c1)CCCOc1c(cccc1C(=O)N(Cc1cc(OCc3ccccc3)cc(C(=O)O)c1)[C@@H](CC(=O)O)C(=O)O)OC2=O. The largest absolute Gasteiger partial charge is 0.489 e. The number of hydrogen-bond donors (Lipinski definition) is 5. The second kappa shape index (κ2) is 16.2. The van der Waals surface area contributed by atoms with Gasteiger partial charge in [0.05, 0.1) is 35.4 Å². The third-order valence-corrected chi connectivity index (χ3v) is 7.92. The van der Waals surface area contributed by atoms with Crippen molar-refractivity contribution in [3.63, 3.8) is 0 Å². The predicted octanol–water partition coefficient (Wildman–Crippen LogP) is 3.98. The van der Waals surface area contributed by atoms with Gasteiger partial charge in [0, 0.05) is 6.54 Å². The van der Waals surface area contributed by atoms with Gasteiger partial charge in [0.1, 0.15) is 18.4 Å². The molecule has 0 saturated carbocycles. The standard InChI is InChI=1S/C37H34N4O11/c38-37(39)40-25-11-12-27-23(16-25)8-5-13-50-32-28(9-4-10-30(32)52-36(27)49)33(44)41(29(35(47)48)18-31(42)43)19-22-14-24(34(45)46)17-26(15-22)51-20-21-6-2-1-3-7-21/h1-4,6-7,9-12,14-17,29H,5,8,13,18-20H2,(H,42,43)(H,45,46)(H,47,48)(H4,38,39,40)/t29-/m0/s1. The highest BCUT2D eigenvalue weighted by molar-refractivity contribution is 6.01. The fourth-order valence-corrected chi connectivity index (χ4v) is 5.58. The maximum Gasteiger partial charge on any atom is 0.343 e. The normalized spacial score (nSPS) is 12.8. The van der Waals surface area contributed by atoms with Crippen LogP contribution in [0.2, 0.25) is 0 Å². The molecule has 1 atom stereocenters. The van der Waals surface area contributed by atoms with Crippen LogP contribution in [0.4, 0.5) is 5.69 Å². The maximum absolute atomic E-state index is 14.4. The number of rotatable bonds is 12. The summed E-state index contributed by atoms with van der Waals surface area (Å²) in [7, 11) is 0. The number of para-hydroxylation sites is 1. The number of esters is 1. The Bertz CT molecular complexity index is 2040. The molecule has 268 valence electrons. The van der Waals surface area contributed by atoms with Crippen LogP contribution in [0.15, 0.2) is 89.9 Å². The van der Waals surface area contributed by atoms with E-state index >= 15 is 0 Å². The minimum Gasteiger partial charge on any atom is -0.489 e. The number of aryl methyl sites for hydroxylation is 1. The van der Waals surface area contributed by atoms with Gasteiger partial charge in [-0.05, 0) is 78.1 Å². The number of hydrogen-bond acceptors (Lipinski definition) is 9. The summed E-state index contributed by atoms with van der Waals surface area (Å²) in [6, 6.07) is 19.9. The Morgan fingerprint density at radius 3 is 2.37 bits per heavy atom. The molecule has 52 heavy (non-hydrogen) atoms. The highest BCUT2D eigenvalue weighted by Gasteiger charge is 2.35. The molecule has 1 amide bonds. The number of aliphatic carboxylic acids is 2. The first kappa shape index (κ1) is 36.4. The van der Waals surface area contributed by atoms with E-state index in [9.17, 15) is 39.3 Å². The van der Waals surface area contributed by atoms with Crippen molar-refractivity contribution in [1.29, 1.82) is 0 Å². The number of ether oxygens (including phenoxy) is 3. The molecule has 4 aromatic carbocycles. The first-order valence-corrected chi connectivity index (χ1v) is 15.9. The third kappa shape index (κ3) is 9.01. The van der Waals surface area contributed by atoms with Crippen LogP contribution in [0.3, 0.4) is 0 Å². The summed E-state index contributed by atoms with van der Waals surface area (Å²) in [5, 5.41) is 29.6. The number of carboxylic acids is 3. The first-order chi connectivity index (χ1) is 24.9. The fraction of sp³-hybridized carbons (Fsp3) is 0.189. The number of nitrogens with zero attached hydrogens (tertiary/aromatic N) is 2. The molecule has 5 rings (SSSR count). The number of carbonyl (C=O) groups is 5. The minimum atomic E-state index is -1.91. The topological polar surface area (TPSA) is 241 Å². The monoisotopic (exact) mass is 710 g/mol. The summed E-state index contributed by atoms with van der Waals surface area (Å²) >= 11 is 0. The summed E-state index contributed by atoms with van der Waals surface area (Å²) in [6.45, 7) is -0.432. The van der Waals surface area contributed by atoms with Crippen LogP contribution in [-0.2, 0) is 29.2 Å². The number of benzene rings is 4. The smallest absolute Gasteiger partial charge is 0.343 e. The van der Waals surface area contributed by atoms with E-state index in [2.05, 4.69) is 4.99 Å². The number of carbonyl (C=O) groups excluding carboxylic acids is 2. The lowest BCUT2D eigenvalue weighted by Gasteiger charge is -2.29. The molecule has 0 radical (unpaired) electrons. The molecular weight excluding hydrogens is 676 g/mol. The third-order valence-electron chi connectivity index (χ3n) is 7.92. The molecule has 15 nitrogen and oxygen atoms in total. The van der Waals surface area contributed by atoms with Crippen molar-refractivity contribution in [2.75, 3.05) is 6.61 Å². The Morgan fingerprint density at radius 2 is 1.67 bits per heavy atom. The summed E-state index contributed by atoms with van der Waals surface area (Å²) in [5.74, 6) is -6.55. The lowest BCUT2D eigenvalue weighted by Crippen LogP contribution is -2.46. The molecule has 1 heterocycles. The van der Waals surface area contributed by atoms with Crippen LogP contribution in [0.1, 0.15) is 60.6 Å². The fourth-order valence-electron chi connectivity index (χ4n) is 5.58. The van der Waals surface area contributed by atoms with Gasteiger partial charge in [0.15, 0.2) is 17.5 Å². The number of aromatic carboxylic acids is 1. The van der Waals surface area contributed by atoms with Crippen LogP contribution >= 0.6 is 0 Å². The summed E-state index contributed by atoms with van der Waals surface area (Å²) in [5.41, 5.74) is 12.7. The highest BCUT2D eigenvalue weighted by atomic mass is 16.6. The molecule has 0 spiro atoms. The molecule has 15 heteroatoms. The number of aliphatic imine (C=N–C) groups is 1. The van der Waals surface area contributed by atoms with Crippen LogP contribution in [0.5, 0.6) is 17.2 Å². The molecule has 0 unspecified atom stereocenters. The number of fused-ring (bicyclic) bond motifs is 2. The van der Waals surface area contributed by atoms with Crippen LogP contribution in [0.25, 0.3) is 0 Å². The molecule has 1 aliphatic heterocycles. The Labute approximate surface area is 296 Å². The van der Waals surface area contributed by atoms with Gasteiger partial charge in [0.2, 0.25) is 0 Å². The van der Waals surface area contributed by atoms with E-state index in [-0.39, 0.29) is 58.7 Å². The highest BCUT2D eigenvalue weighted by Crippen LogP contribution is 2.35. The van der Waals surface area contributed by atoms with Gasteiger partial charge in [-0.15, -0.1) is 0 Å². The zero-order valence-electron chi connectivity index (χ0n) is 27.6. The molecular formula is C37H34N4O11. The second-order valence-corrected chi connectivity index (χ2v) is 11.7. The van der Waals surface area contributed by atoms with Gasteiger partial charge in [-0.25, -0.2) is 19.4 Å². The number of carboxylic acid groups (broad SMARTS) is 3. The average molecular weight is 711 g/mol. The lowest BCUT2D eigenvalue weighted by atomic mass is 10.0. The Balaban J connectivity index is 1.53. The molecule has 0 aliphatic carbocycles.